The summed E-state index contributed by atoms with van der Waals surface area (Å²) in [4.78, 5) is 24.0. The van der Waals surface area contributed by atoms with Crippen LogP contribution in [0.25, 0.3) is 0 Å². The summed E-state index contributed by atoms with van der Waals surface area (Å²) < 4.78 is 5.93. The fourth-order valence-corrected chi connectivity index (χ4v) is 3.77. The molecule has 0 spiro atoms. The van der Waals surface area contributed by atoms with Crippen LogP contribution in [0.5, 0.6) is 5.75 Å². The van der Waals surface area contributed by atoms with Gasteiger partial charge >= 0.3 is 5.97 Å². The third-order valence-corrected chi connectivity index (χ3v) is 5.34. The molecule has 1 aliphatic rings. The molecule has 1 aliphatic carbocycles. The summed E-state index contributed by atoms with van der Waals surface area (Å²) in [5.41, 5.74) is 2.11. The molecule has 0 bridgehead atoms. The Bertz CT molecular complexity index is 790. The van der Waals surface area contributed by atoms with Crippen molar-refractivity contribution in [2.24, 2.45) is 11.8 Å². The van der Waals surface area contributed by atoms with Crippen LogP contribution in [0.15, 0.2) is 54.6 Å². The van der Waals surface area contributed by atoms with Crippen LogP contribution in [0.3, 0.4) is 0 Å². The predicted molar refractivity (Wildman–Crippen MR) is 107 cm³/mol. The first-order valence-electron chi connectivity index (χ1n) is 9.90. The molecule has 0 heterocycles. The van der Waals surface area contributed by atoms with Crippen molar-refractivity contribution in [1.82, 2.24) is 5.32 Å². The van der Waals surface area contributed by atoms with E-state index < -0.39 is 17.8 Å². The van der Waals surface area contributed by atoms with Crippen LogP contribution in [-0.2, 0) is 22.6 Å². The highest BCUT2D eigenvalue weighted by molar-refractivity contribution is 5.84. The third-order valence-electron chi connectivity index (χ3n) is 5.34. The third kappa shape index (κ3) is 5.35. The molecule has 2 aromatic carbocycles. The van der Waals surface area contributed by atoms with Gasteiger partial charge in [-0.3, -0.25) is 9.59 Å². The number of para-hydroxylation sites is 1. The summed E-state index contributed by atoms with van der Waals surface area (Å²) in [7, 11) is 0. The summed E-state index contributed by atoms with van der Waals surface area (Å²) in [6.07, 6.45) is 3.80. The number of rotatable bonds is 8. The maximum absolute atomic E-state index is 12.6. The molecule has 0 radical (unpaired) electrons. The second kappa shape index (κ2) is 9.93. The van der Waals surface area contributed by atoms with Gasteiger partial charge in [-0.2, -0.15) is 0 Å². The number of carbonyl (C=O) groups is 2. The number of carboxylic acids is 1. The van der Waals surface area contributed by atoms with Gasteiger partial charge in [0, 0.05) is 18.5 Å². The Balaban J connectivity index is 1.55. The molecule has 0 saturated heterocycles. The Kier molecular flexibility index (Phi) is 7.06. The number of benzene rings is 2. The molecule has 0 aromatic heterocycles. The Labute approximate surface area is 165 Å². The van der Waals surface area contributed by atoms with Gasteiger partial charge in [-0.05, 0) is 24.5 Å². The van der Waals surface area contributed by atoms with Gasteiger partial charge in [0.25, 0.3) is 0 Å². The van der Waals surface area contributed by atoms with Crippen LogP contribution in [0.1, 0.15) is 36.8 Å². The number of carbonyl (C=O) groups excluding carboxylic acids is 1. The van der Waals surface area contributed by atoms with Crippen molar-refractivity contribution in [2.75, 3.05) is 6.61 Å². The SMILES string of the molecule is O=C(O)C1CCCCC1C(=O)NCc1ccccc1OCCc1ccccc1. The quantitative estimate of drug-likeness (QED) is 0.729. The van der Waals surface area contributed by atoms with Crippen LogP contribution < -0.4 is 10.1 Å². The minimum Gasteiger partial charge on any atom is -0.493 e. The van der Waals surface area contributed by atoms with Gasteiger partial charge in [0.05, 0.1) is 18.4 Å². The zero-order chi connectivity index (χ0) is 19.8. The van der Waals surface area contributed by atoms with Gasteiger partial charge in [-0.15, -0.1) is 0 Å². The monoisotopic (exact) mass is 381 g/mol. The smallest absolute Gasteiger partial charge is 0.307 e. The van der Waals surface area contributed by atoms with Gasteiger partial charge in [-0.25, -0.2) is 0 Å². The van der Waals surface area contributed by atoms with Crippen molar-refractivity contribution in [3.63, 3.8) is 0 Å². The minimum atomic E-state index is -0.871. The largest absolute Gasteiger partial charge is 0.493 e. The number of ether oxygens (including phenoxy) is 1. The molecule has 2 aromatic rings. The first-order chi connectivity index (χ1) is 13.6. The molecule has 1 fully saturated rings. The zero-order valence-electron chi connectivity index (χ0n) is 16.0. The summed E-state index contributed by atoms with van der Waals surface area (Å²) >= 11 is 0. The molecular weight excluding hydrogens is 354 g/mol. The summed E-state index contributed by atoms with van der Waals surface area (Å²) in [6, 6.07) is 17.8. The molecule has 148 valence electrons. The highest BCUT2D eigenvalue weighted by Gasteiger charge is 2.35. The number of nitrogens with one attached hydrogen (secondary N) is 1. The highest BCUT2D eigenvalue weighted by atomic mass is 16.5. The molecule has 28 heavy (non-hydrogen) atoms. The first kappa shape index (κ1) is 19.9. The predicted octanol–water partition coefficient (Wildman–Crippen LogP) is 3.82. The fraction of sp³-hybridized carbons (Fsp3) is 0.391. The van der Waals surface area contributed by atoms with Crippen molar-refractivity contribution >= 4 is 11.9 Å². The summed E-state index contributed by atoms with van der Waals surface area (Å²) in [6.45, 7) is 0.891. The lowest BCUT2D eigenvalue weighted by atomic mass is 9.78. The maximum atomic E-state index is 12.6. The van der Waals surface area contributed by atoms with Gasteiger partial charge < -0.3 is 15.2 Å². The van der Waals surface area contributed by atoms with Crippen LogP contribution in [0.4, 0.5) is 0 Å². The Morgan fingerprint density at radius 1 is 0.964 bits per heavy atom. The molecule has 3 rings (SSSR count). The van der Waals surface area contributed by atoms with Crippen molar-refractivity contribution in [3.05, 3.63) is 65.7 Å². The molecule has 0 aliphatic heterocycles. The number of hydrogen-bond acceptors (Lipinski definition) is 3. The van der Waals surface area contributed by atoms with E-state index in [1.165, 1.54) is 5.56 Å². The molecule has 1 amide bonds. The number of amides is 1. The molecule has 2 atom stereocenters. The van der Waals surface area contributed by atoms with Gasteiger partial charge in [0.2, 0.25) is 5.91 Å². The van der Waals surface area contributed by atoms with Gasteiger partial charge in [-0.1, -0.05) is 61.4 Å². The molecule has 2 N–H and O–H groups in total. The van der Waals surface area contributed by atoms with E-state index >= 15 is 0 Å². The number of carboxylic acid groups (broad SMARTS) is 1. The first-order valence-corrected chi connectivity index (χ1v) is 9.90. The van der Waals surface area contributed by atoms with Gasteiger partial charge in [0.1, 0.15) is 5.75 Å². The van der Waals surface area contributed by atoms with E-state index in [9.17, 15) is 14.7 Å². The Morgan fingerprint density at radius 2 is 1.64 bits per heavy atom. The van der Waals surface area contributed by atoms with E-state index in [1.807, 2.05) is 42.5 Å². The average Bonchev–Trinajstić information content (AvgIpc) is 2.73. The molecule has 5 nitrogen and oxygen atoms in total. The highest BCUT2D eigenvalue weighted by Crippen LogP contribution is 2.30. The summed E-state index contributed by atoms with van der Waals surface area (Å²) in [5.74, 6) is -1.32. The van der Waals surface area contributed by atoms with Crippen molar-refractivity contribution in [2.45, 2.75) is 38.6 Å². The second-order valence-corrected chi connectivity index (χ2v) is 7.25. The van der Waals surface area contributed by atoms with Crippen LogP contribution in [-0.4, -0.2) is 23.6 Å². The van der Waals surface area contributed by atoms with Crippen molar-refractivity contribution < 1.29 is 19.4 Å². The second-order valence-electron chi connectivity index (χ2n) is 7.25. The standard InChI is InChI=1S/C23H27NO4/c25-22(19-11-5-6-12-20(19)23(26)27)24-16-18-10-4-7-13-21(18)28-15-14-17-8-2-1-3-9-17/h1-4,7-10,13,19-20H,5-6,11-12,14-16H2,(H,24,25)(H,26,27). The summed E-state index contributed by atoms with van der Waals surface area (Å²) in [5, 5.41) is 12.3. The number of aliphatic carboxylic acids is 1. The normalized spacial score (nSPS) is 19.0. The van der Waals surface area contributed by atoms with Crippen LogP contribution >= 0.6 is 0 Å². The fourth-order valence-electron chi connectivity index (χ4n) is 3.77. The van der Waals surface area contributed by atoms with Crippen LogP contribution in [0, 0.1) is 11.8 Å². The van der Waals surface area contributed by atoms with E-state index in [4.69, 9.17) is 4.74 Å². The minimum absolute atomic E-state index is 0.175. The van der Waals surface area contributed by atoms with Crippen molar-refractivity contribution in [1.29, 1.82) is 0 Å². The van der Waals surface area contributed by atoms with Gasteiger partial charge in [0.15, 0.2) is 0 Å². The lowest BCUT2D eigenvalue weighted by Gasteiger charge is -2.27. The maximum Gasteiger partial charge on any atom is 0.307 e. The molecular formula is C23H27NO4. The van der Waals surface area contributed by atoms with E-state index in [1.54, 1.807) is 0 Å². The lowest BCUT2D eigenvalue weighted by molar-refractivity contribution is -0.148. The molecule has 5 heteroatoms. The lowest BCUT2D eigenvalue weighted by Crippen LogP contribution is -2.39. The van der Waals surface area contributed by atoms with E-state index in [2.05, 4.69) is 17.4 Å². The Hall–Kier alpha value is -2.82. The average molecular weight is 381 g/mol. The molecule has 1 saturated carbocycles. The zero-order valence-corrected chi connectivity index (χ0v) is 16.0. The molecule has 2 unspecified atom stereocenters. The number of hydrogen-bond donors (Lipinski definition) is 2. The topological polar surface area (TPSA) is 75.6 Å². The van der Waals surface area contributed by atoms with E-state index in [0.29, 0.717) is 26.0 Å². The Morgan fingerprint density at radius 3 is 2.39 bits per heavy atom. The van der Waals surface area contributed by atoms with E-state index in [0.717, 1.165) is 30.6 Å². The van der Waals surface area contributed by atoms with E-state index in [-0.39, 0.29) is 5.91 Å². The van der Waals surface area contributed by atoms with Crippen LogP contribution in [0.2, 0.25) is 0 Å². The van der Waals surface area contributed by atoms with Crippen molar-refractivity contribution in [3.8, 4) is 5.75 Å².